The van der Waals surface area contributed by atoms with E-state index in [4.69, 9.17) is 4.74 Å². The number of aryl methyl sites for hydroxylation is 2. The number of benzene rings is 1. The molecule has 17 heavy (non-hydrogen) atoms. The Hall–Kier alpha value is -0.900. The molecule has 0 amide bonds. The summed E-state index contributed by atoms with van der Waals surface area (Å²) in [4.78, 5) is 0. The van der Waals surface area contributed by atoms with Crippen molar-refractivity contribution >= 4 is 0 Å². The van der Waals surface area contributed by atoms with Gasteiger partial charge in [0.1, 0.15) is 0 Å². The van der Waals surface area contributed by atoms with Gasteiger partial charge in [-0.3, -0.25) is 0 Å². The van der Waals surface area contributed by atoms with Gasteiger partial charge in [-0.15, -0.1) is 0 Å². The summed E-state index contributed by atoms with van der Waals surface area (Å²) in [7, 11) is 1.68. The molecule has 0 aromatic heterocycles. The summed E-state index contributed by atoms with van der Waals surface area (Å²) in [5.74, 6) is 0. The lowest BCUT2D eigenvalue weighted by molar-refractivity contribution is 0.159. The predicted molar refractivity (Wildman–Crippen MR) is 70.1 cm³/mol. The highest BCUT2D eigenvalue weighted by atomic mass is 16.5. The Morgan fingerprint density at radius 1 is 1.35 bits per heavy atom. The second-order valence-corrected chi connectivity index (χ2v) is 4.47. The average Bonchev–Trinajstić information content (AvgIpc) is 2.31. The first-order chi connectivity index (χ1) is 8.17. The molecule has 0 saturated carbocycles. The minimum Gasteiger partial charge on any atom is -0.395 e. The lowest BCUT2D eigenvalue weighted by Gasteiger charge is -2.16. The van der Waals surface area contributed by atoms with Gasteiger partial charge in [-0.05, 0) is 31.4 Å². The molecule has 0 aliphatic rings. The number of aliphatic hydroxyl groups excluding tert-OH is 1. The molecule has 1 aromatic rings. The van der Waals surface area contributed by atoms with Gasteiger partial charge in [-0.25, -0.2) is 0 Å². The summed E-state index contributed by atoms with van der Waals surface area (Å²) in [5, 5.41) is 12.6. The van der Waals surface area contributed by atoms with Crippen LogP contribution in [0.5, 0.6) is 0 Å². The number of nitrogens with one attached hydrogen (secondary N) is 1. The number of hydrogen-bond donors (Lipinski definition) is 2. The van der Waals surface area contributed by atoms with Crippen LogP contribution in [0.15, 0.2) is 18.2 Å². The highest BCUT2D eigenvalue weighted by Crippen LogP contribution is 2.10. The molecule has 0 bridgehead atoms. The zero-order chi connectivity index (χ0) is 12.7. The van der Waals surface area contributed by atoms with E-state index in [1.807, 2.05) is 0 Å². The quantitative estimate of drug-likeness (QED) is 0.759. The second kappa shape index (κ2) is 7.43. The van der Waals surface area contributed by atoms with E-state index in [0.29, 0.717) is 6.61 Å². The lowest BCUT2D eigenvalue weighted by atomic mass is 10.1. The fourth-order valence-electron chi connectivity index (χ4n) is 1.82. The number of rotatable bonds is 7. The fourth-order valence-corrected chi connectivity index (χ4v) is 1.82. The second-order valence-electron chi connectivity index (χ2n) is 4.47. The molecule has 0 fully saturated rings. The summed E-state index contributed by atoms with van der Waals surface area (Å²) < 4.78 is 5.01. The fraction of sp³-hybridized carbons (Fsp3) is 0.571. The van der Waals surface area contributed by atoms with Crippen LogP contribution in [-0.2, 0) is 11.3 Å². The molecule has 1 atom stereocenters. The molecule has 0 saturated heterocycles. The van der Waals surface area contributed by atoms with Crippen molar-refractivity contribution in [1.82, 2.24) is 5.32 Å². The Morgan fingerprint density at radius 3 is 2.71 bits per heavy atom. The number of ether oxygens (including phenoxy) is 1. The van der Waals surface area contributed by atoms with Crippen molar-refractivity contribution in [1.29, 1.82) is 0 Å². The van der Waals surface area contributed by atoms with Crippen LogP contribution in [-0.4, -0.2) is 31.5 Å². The Labute approximate surface area is 104 Å². The molecule has 0 spiro atoms. The van der Waals surface area contributed by atoms with Crippen molar-refractivity contribution in [2.45, 2.75) is 32.9 Å². The monoisotopic (exact) mass is 237 g/mol. The zero-order valence-electron chi connectivity index (χ0n) is 11.0. The van der Waals surface area contributed by atoms with Crippen molar-refractivity contribution in [2.75, 3.05) is 20.3 Å². The third-order valence-corrected chi connectivity index (χ3v) is 2.97. The summed E-state index contributed by atoms with van der Waals surface area (Å²) in [5.41, 5.74) is 3.86. The summed E-state index contributed by atoms with van der Waals surface area (Å²) in [6, 6.07) is 6.55. The Kier molecular flexibility index (Phi) is 6.19. The van der Waals surface area contributed by atoms with Crippen LogP contribution < -0.4 is 5.32 Å². The molecule has 1 rings (SSSR count). The first-order valence-corrected chi connectivity index (χ1v) is 6.06. The maximum atomic E-state index is 9.23. The van der Waals surface area contributed by atoms with Crippen LogP contribution in [0, 0.1) is 13.8 Å². The van der Waals surface area contributed by atoms with Crippen molar-refractivity contribution < 1.29 is 9.84 Å². The maximum Gasteiger partial charge on any atom is 0.0585 e. The zero-order valence-corrected chi connectivity index (χ0v) is 11.0. The Balaban J connectivity index is 2.47. The summed E-state index contributed by atoms with van der Waals surface area (Å²) in [6.07, 6.45) is 0.831. The summed E-state index contributed by atoms with van der Waals surface area (Å²) in [6.45, 7) is 5.83. The topological polar surface area (TPSA) is 41.5 Å². The molecule has 3 heteroatoms. The molecule has 0 aliphatic carbocycles. The standard InChI is InChI=1S/C14H23NO2/c1-11-4-5-13(12(2)8-11)9-15-14(10-16)6-7-17-3/h4-5,8,14-16H,6-7,9-10H2,1-3H3. The molecule has 3 nitrogen and oxygen atoms in total. The van der Waals surface area contributed by atoms with Crippen molar-refractivity contribution in [3.63, 3.8) is 0 Å². The van der Waals surface area contributed by atoms with Gasteiger partial charge in [0.25, 0.3) is 0 Å². The highest BCUT2D eigenvalue weighted by molar-refractivity contribution is 5.30. The lowest BCUT2D eigenvalue weighted by Crippen LogP contribution is -2.33. The van der Waals surface area contributed by atoms with Crippen LogP contribution in [0.1, 0.15) is 23.1 Å². The van der Waals surface area contributed by atoms with Crippen LogP contribution in [0.3, 0.4) is 0 Å². The predicted octanol–water partition coefficient (Wildman–Crippen LogP) is 1.79. The van der Waals surface area contributed by atoms with Crippen molar-refractivity contribution in [2.24, 2.45) is 0 Å². The van der Waals surface area contributed by atoms with Gasteiger partial charge >= 0.3 is 0 Å². The highest BCUT2D eigenvalue weighted by Gasteiger charge is 2.07. The molecule has 2 N–H and O–H groups in total. The molecule has 0 radical (unpaired) electrons. The first-order valence-electron chi connectivity index (χ1n) is 6.06. The van der Waals surface area contributed by atoms with Crippen LogP contribution in [0.4, 0.5) is 0 Å². The largest absolute Gasteiger partial charge is 0.395 e. The SMILES string of the molecule is COCCC(CO)NCc1ccc(C)cc1C. The first kappa shape index (κ1) is 14.2. The van der Waals surface area contributed by atoms with Gasteiger partial charge in [0.15, 0.2) is 0 Å². The molecular weight excluding hydrogens is 214 g/mol. The molecule has 0 heterocycles. The van der Waals surface area contributed by atoms with E-state index in [9.17, 15) is 5.11 Å². The minimum atomic E-state index is 0.107. The van der Waals surface area contributed by atoms with Gasteiger partial charge < -0.3 is 15.2 Å². The molecule has 96 valence electrons. The molecule has 1 unspecified atom stereocenters. The smallest absolute Gasteiger partial charge is 0.0585 e. The van der Waals surface area contributed by atoms with E-state index in [1.54, 1.807) is 7.11 Å². The number of aliphatic hydroxyl groups is 1. The minimum absolute atomic E-state index is 0.107. The van der Waals surface area contributed by atoms with Gasteiger partial charge in [-0.2, -0.15) is 0 Å². The van der Waals surface area contributed by atoms with E-state index < -0.39 is 0 Å². The Bertz CT molecular complexity index is 339. The van der Waals surface area contributed by atoms with E-state index in [-0.39, 0.29) is 12.6 Å². The van der Waals surface area contributed by atoms with Crippen LogP contribution in [0.2, 0.25) is 0 Å². The molecular formula is C14H23NO2. The number of methoxy groups -OCH3 is 1. The summed E-state index contributed by atoms with van der Waals surface area (Å²) >= 11 is 0. The van der Waals surface area contributed by atoms with Crippen molar-refractivity contribution in [3.8, 4) is 0 Å². The van der Waals surface area contributed by atoms with Gasteiger partial charge in [-0.1, -0.05) is 23.8 Å². The van der Waals surface area contributed by atoms with Gasteiger partial charge in [0, 0.05) is 26.3 Å². The van der Waals surface area contributed by atoms with E-state index in [0.717, 1.165) is 13.0 Å². The maximum absolute atomic E-state index is 9.23. The molecule has 1 aromatic carbocycles. The normalized spacial score (nSPS) is 12.7. The van der Waals surface area contributed by atoms with Gasteiger partial charge in [0.05, 0.1) is 6.61 Å². The molecule has 0 aliphatic heterocycles. The van der Waals surface area contributed by atoms with Crippen LogP contribution >= 0.6 is 0 Å². The number of hydrogen-bond acceptors (Lipinski definition) is 3. The Morgan fingerprint density at radius 2 is 2.12 bits per heavy atom. The van der Waals surface area contributed by atoms with Crippen molar-refractivity contribution in [3.05, 3.63) is 34.9 Å². The third kappa shape index (κ3) is 4.86. The van der Waals surface area contributed by atoms with E-state index in [1.165, 1.54) is 16.7 Å². The average molecular weight is 237 g/mol. The van der Waals surface area contributed by atoms with Gasteiger partial charge in [0.2, 0.25) is 0 Å². The van der Waals surface area contributed by atoms with E-state index >= 15 is 0 Å². The van der Waals surface area contributed by atoms with E-state index in [2.05, 4.69) is 37.4 Å². The third-order valence-electron chi connectivity index (χ3n) is 2.97. The van der Waals surface area contributed by atoms with Crippen LogP contribution in [0.25, 0.3) is 0 Å².